The number of aromatic hydroxyl groups is 1. The average molecular weight is 374 g/mol. The van der Waals surface area contributed by atoms with E-state index in [4.69, 9.17) is 14.2 Å². The molecule has 4 rings (SSSR count). The second-order valence-electron chi connectivity index (χ2n) is 6.26. The molecule has 0 spiro atoms. The Bertz CT molecular complexity index is 1020. The molecule has 0 bridgehead atoms. The number of phenolic OH excluding ortho intramolecular Hbond substituents is 1. The molecule has 0 saturated carbocycles. The predicted octanol–water partition coefficient (Wildman–Crippen LogP) is 4.60. The first-order valence-corrected chi connectivity index (χ1v) is 8.81. The summed E-state index contributed by atoms with van der Waals surface area (Å²) in [6, 6.07) is 19.8. The maximum Gasteiger partial charge on any atom is 0.231 e. The fourth-order valence-corrected chi connectivity index (χ4v) is 2.83. The quantitative estimate of drug-likeness (QED) is 0.505. The second kappa shape index (κ2) is 7.88. The Morgan fingerprint density at radius 1 is 1.00 bits per heavy atom. The molecule has 0 fully saturated rings. The molecule has 1 aliphatic rings. The van der Waals surface area contributed by atoms with E-state index in [0.717, 1.165) is 11.1 Å². The van der Waals surface area contributed by atoms with Crippen LogP contribution in [0.1, 0.15) is 21.5 Å². The number of carbonyl (C=O) groups is 1. The van der Waals surface area contributed by atoms with Gasteiger partial charge in [-0.2, -0.15) is 0 Å². The van der Waals surface area contributed by atoms with E-state index in [2.05, 4.69) is 0 Å². The van der Waals surface area contributed by atoms with E-state index in [1.54, 1.807) is 30.3 Å². The van der Waals surface area contributed by atoms with Gasteiger partial charge in [0.1, 0.15) is 18.1 Å². The Morgan fingerprint density at radius 3 is 2.64 bits per heavy atom. The van der Waals surface area contributed by atoms with Gasteiger partial charge >= 0.3 is 0 Å². The maximum atomic E-state index is 12.4. The van der Waals surface area contributed by atoms with Crippen LogP contribution in [0.3, 0.4) is 0 Å². The lowest BCUT2D eigenvalue weighted by atomic mass is 10.1. The number of allylic oxidation sites excluding steroid dienone is 1. The van der Waals surface area contributed by atoms with E-state index >= 15 is 0 Å². The fraction of sp³-hybridized carbons (Fsp3) is 0.0870. The average Bonchev–Trinajstić information content (AvgIpc) is 3.19. The first-order valence-electron chi connectivity index (χ1n) is 8.81. The minimum Gasteiger partial charge on any atom is -0.507 e. The minimum atomic E-state index is -0.301. The molecule has 0 aliphatic carbocycles. The molecule has 0 unspecified atom stereocenters. The van der Waals surface area contributed by atoms with Gasteiger partial charge in [-0.1, -0.05) is 42.5 Å². The predicted molar refractivity (Wildman–Crippen MR) is 105 cm³/mol. The molecule has 0 aromatic heterocycles. The number of ketones is 1. The Balaban J connectivity index is 1.42. The van der Waals surface area contributed by atoms with Crippen LogP contribution >= 0.6 is 0 Å². The molecular formula is C23H18O5. The zero-order valence-corrected chi connectivity index (χ0v) is 15.0. The zero-order valence-electron chi connectivity index (χ0n) is 15.0. The molecule has 3 aromatic carbocycles. The molecule has 1 N–H and O–H groups in total. The van der Waals surface area contributed by atoms with Crippen LogP contribution in [-0.4, -0.2) is 17.7 Å². The maximum absolute atomic E-state index is 12.4. The molecule has 5 heteroatoms. The zero-order chi connectivity index (χ0) is 19.3. The summed E-state index contributed by atoms with van der Waals surface area (Å²) in [5, 5.41) is 10.2. The first-order chi connectivity index (χ1) is 13.7. The molecule has 3 aromatic rings. The number of benzene rings is 3. The van der Waals surface area contributed by atoms with E-state index in [-0.39, 0.29) is 23.9 Å². The molecule has 1 heterocycles. The van der Waals surface area contributed by atoms with Crippen molar-refractivity contribution in [3.05, 3.63) is 89.5 Å². The van der Waals surface area contributed by atoms with Crippen molar-refractivity contribution >= 4 is 11.9 Å². The van der Waals surface area contributed by atoms with Crippen molar-refractivity contribution in [3.8, 4) is 23.0 Å². The summed E-state index contributed by atoms with van der Waals surface area (Å²) >= 11 is 0. The van der Waals surface area contributed by atoms with Crippen LogP contribution in [0.15, 0.2) is 72.8 Å². The van der Waals surface area contributed by atoms with Crippen LogP contribution in [-0.2, 0) is 6.61 Å². The van der Waals surface area contributed by atoms with E-state index in [1.165, 1.54) is 12.1 Å². The van der Waals surface area contributed by atoms with E-state index < -0.39 is 0 Å². The largest absolute Gasteiger partial charge is 0.507 e. The Kier molecular flexibility index (Phi) is 4.97. The third kappa shape index (κ3) is 3.99. The number of rotatable bonds is 6. The molecule has 0 amide bonds. The third-order valence-electron chi connectivity index (χ3n) is 4.31. The number of hydrogen-bond donors (Lipinski definition) is 1. The minimum absolute atomic E-state index is 0.120. The molecule has 0 saturated heterocycles. The standard InChI is InChI=1S/C23H18O5/c24-20(10-6-16-7-11-22-23(12-16)28-15-27-22)19-9-8-18(13-21(19)25)26-14-17-4-2-1-3-5-17/h1-13,25H,14-15H2. The smallest absolute Gasteiger partial charge is 0.231 e. The van der Waals surface area contributed by atoms with Crippen molar-refractivity contribution < 1.29 is 24.1 Å². The van der Waals surface area contributed by atoms with Crippen LogP contribution < -0.4 is 14.2 Å². The van der Waals surface area contributed by atoms with Crippen LogP contribution in [0, 0.1) is 0 Å². The van der Waals surface area contributed by atoms with Gasteiger partial charge in [-0.15, -0.1) is 0 Å². The Morgan fingerprint density at radius 2 is 1.82 bits per heavy atom. The summed E-state index contributed by atoms with van der Waals surface area (Å²) in [6.45, 7) is 0.589. The van der Waals surface area contributed by atoms with Gasteiger partial charge in [0, 0.05) is 6.07 Å². The summed E-state index contributed by atoms with van der Waals surface area (Å²) in [5.74, 6) is 1.41. The van der Waals surface area contributed by atoms with Gasteiger partial charge in [0.2, 0.25) is 6.79 Å². The van der Waals surface area contributed by atoms with Crippen molar-refractivity contribution in [1.29, 1.82) is 0 Å². The number of phenols is 1. The molecular weight excluding hydrogens is 356 g/mol. The van der Waals surface area contributed by atoms with Gasteiger partial charge < -0.3 is 19.3 Å². The van der Waals surface area contributed by atoms with Gasteiger partial charge in [-0.05, 0) is 41.5 Å². The number of fused-ring (bicyclic) bond motifs is 1. The van der Waals surface area contributed by atoms with E-state index in [1.807, 2.05) is 36.4 Å². The molecule has 1 aliphatic heterocycles. The second-order valence-corrected chi connectivity index (χ2v) is 6.26. The molecule has 28 heavy (non-hydrogen) atoms. The van der Waals surface area contributed by atoms with E-state index in [0.29, 0.717) is 23.9 Å². The normalized spacial score (nSPS) is 12.3. The van der Waals surface area contributed by atoms with E-state index in [9.17, 15) is 9.90 Å². The lowest BCUT2D eigenvalue weighted by Crippen LogP contribution is -1.98. The SMILES string of the molecule is O=C(C=Cc1ccc2c(c1)OCO2)c1ccc(OCc2ccccc2)cc1O. The van der Waals surface area contributed by atoms with Crippen LogP contribution in [0.25, 0.3) is 6.08 Å². The highest BCUT2D eigenvalue weighted by atomic mass is 16.7. The molecule has 0 radical (unpaired) electrons. The lowest BCUT2D eigenvalue weighted by molar-refractivity contribution is 0.104. The van der Waals surface area contributed by atoms with Gasteiger partial charge in [-0.25, -0.2) is 0 Å². The summed E-state index contributed by atoms with van der Waals surface area (Å²) in [6.07, 6.45) is 3.08. The molecule has 5 nitrogen and oxygen atoms in total. The van der Waals surface area contributed by atoms with Gasteiger partial charge in [0.25, 0.3) is 0 Å². The highest BCUT2D eigenvalue weighted by Gasteiger charge is 2.13. The van der Waals surface area contributed by atoms with Gasteiger partial charge in [0.15, 0.2) is 17.3 Å². The summed E-state index contributed by atoms with van der Waals surface area (Å²) in [5.41, 5.74) is 2.04. The summed E-state index contributed by atoms with van der Waals surface area (Å²) in [4.78, 5) is 12.4. The number of hydrogen-bond acceptors (Lipinski definition) is 5. The van der Waals surface area contributed by atoms with Crippen molar-refractivity contribution in [2.75, 3.05) is 6.79 Å². The summed E-state index contributed by atoms with van der Waals surface area (Å²) in [7, 11) is 0. The molecule has 0 atom stereocenters. The highest BCUT2D eigenvalue weighted by molar-refractivity contribution is 6.08. The van der Waals surface area contributed by atoms with Gasteiger partial charge in [-0.3, -0.25) is 4.79 Å². The topological polar surface area (TPSA) is 65.0 Å². The number of ether oxygens (including phenoxy) is 3. The fourth-order valence-electron chi connectivity index (χ4n) is 2.83. The lowest BCUT2D eigenvalue weighted by Gasteiger charge is -2.08. The third-order valence-corrected chi connectivity index (χ3v) is 4.31. The van der Waals surface area contributed by atoms with Gasteiger partial charge in [0.05, 0.1) is 5.56 Å². The van der Waals surface area contributed by atoms with Crippen LogP contribution in [0.5, 0.6) is 23.0 Å². The molecule has 140 valence electrons. The first kappa shape index (κ1) is 17.7. The van der Waals surface area contributed by atoms with Crippen molar-refractivity contribution in [2.45, 2.75) is 6.61 Å². The summed E-state index contributed by atoms with van der Waals surface area (Å²) < 4.78 is 16.3. The Labute approximate surface area is 162 Å². The van der Waals surface area contributed by atoms with Crippen molar-refractivity contribution in [3.63, 3.8) is 0 Å². The van der Waals surface area contributed by atoms with Crippen molar-refractivity contribution in [2.24, 2.45) is 0 Å². The highest BCUT2D eigenvalue weighted by Crippen LogP contribution is 2.33. The Hall–Kier alpha value is -3.73. The van der Waals surface area contributed by atoms with Crippen LogP contribution in [0.4, 0.5) is 0 Å². The van der Waals surface area contributed by atoms with Crippen molar-refractivity contribution in [1.82, 2.24) is 0 Å². The van der Waals surface area contributed by atoms with Crippen LogP contribution in [0.2, 0.25) is 0 Å². The number of carbonyl (C=O) groups excluding carboxylic acids is 1. The monoisotopic (exact) mass is 374 g/mol.